The molecule has 2 N–H and O–H groups in total. The summed E-state index contributed by atoms with van der Waals surface area (Å²) >= 11 is 0. The van der Waals surface area contributed by atoms with Crippen molar-refractivity contribution in [3.8, 4) is 0 Å². The highest BCUT2D eigenvalue weighted by Crippen LogP contribution is 2.44. The van der Waals surface area contributed by atoms with E-state index in [9.17, 15) is 15.0 Å². The Morgan fingerprint density at radius 3 is 2.71 bits per heavy atom. The maximum Gasteiger partial charge on any atom is 0.184 e. The third-order valence-electron chi connectivity index (χ3n) is 5.10. The third kappa shape index (κ3) is 3.00. The van der Waals surface area contributed by atoms with E-state index in [-0.39, 0.29) is 19.1 Å². The minimum Gasteiger partial charge on any atom is -0.390 e. The van der Waals surface area contributed by atoms with E-state index in [0.29, 0.717) is 12.7 Å². The predicted molar refractivity (Wildman–Crippen MR) is 85.2 cm³/mol. The molecule has 2 heterocycles. The van der Waals surface area contributed by atoms with Crippen molar-refractivity contribution in [1.29, 1.82) is 0 Å². The van der Waals surface area contributed by atoms with Crippen LogP contribution in [0, 0.1) is 0 Å². The number of aliphatic hydroxyl groups is 2. The van der Waals surface area contributed by atoms with Crippen molar-refractivity contribution in [3.63, 3.8) is 0 Å². The Morgan fingerprint density at radius 1 is 1.33 bits per heavy atom. The lowest BCUT2D eigenvalue weighted by molar-refractivity contribution is -0.367. The Hall–Kier alpha value is -1.31. The summed E-state index contributed by atoms with van der Waals surface area (Å²) in [6.45, 7) is 3.74. The van der Waals surface area contributed by atoms with Crippen molar-refractivity contribution in [1.82, 2.24) is 0 Å². The van der Waals surface area contributed by atoms with Gasteiger partial charge in [-0.15, -0.1) is 0 Å². The quantitative estimate of drug-likeness (QED) is 0.808. The first-order chi connectivity index (χ1) is 11.4. The molecule has 2 aliphatic heterocycles. The molecule has 6 nitrogen and oxygen atoms in total. The van der Waals surface area contributed by atoms with Crippen LogP contribution in [-0.4, -0.2) is 52.6 Å². The molecule has 0 aromatic heterocycles. The van der Waals surface area contributed by atoms with Gasteiger partial charge in [0.25, 0.3) is 0 Å². The summed E-state index contributed by atoms with van der Waals surface area (Å²) < 4.78 is 17.9. The van der Waals surface area contributed by atoms with E-state index < -0.39 is 29.7 Å². The fourth-order valence-corrected chi connectivity index (χ4v) is 3.47. The molecule has 1 aromatic rings. The number of aldehydes is 1. The van der Waals surface area contributed by atoms with Crippen LogP contribution in [0.25, 0.3) is 0 Å². The number of hydrogen-bond acceptors (Lipinski definition) is 6. The Balaban J connectivity index is 1.78. The summed E-state index contributed by atoms with van der Waals surface area (Å²) in [5, 5.41) is 20.8. The van der Waals surface area contributed by atoms with Gasteiger partial charge in [-0.25, -0.2) is 0 Å². The summed E-state index contributed by atoms with van der Waals surface area (Å²) in [5.41, 5.74) is -1.13. The summed E-state index contributed by atoms with van der Waals surface area (Å²) in [4.78, 5) is 10.7. The molecule has 2 aliphatic rings. The molecule has 0 unspecified atom stereocenters. The molecule has 1 aromatic carbocycles. The topological polar surface area (TPSA) is 85.2 Å². The molecule has 0 amide bonds. The Kier molecular flexibility index (Phi) is 4.77. The average Bonchev–Trinajstić information content (AvgIpc) is 2.57. The van der Waals surface area contributed by atoms with Gasteiger partial charge in [-0.2, -0.15) is 0 Å². The molecular weight excluding hydrogens is 312 g/mol. The number of hydrogen-bond donors (Lipinski definition) is 2. The number of fused-ring (bicyclic) bond motifs is 1. The highest BCUT2D eigenvalue weighted by Gasteiger charge is 2.57. The normalized spacial score (nSPS) is 40.6. The lowest BCUT2D eigenvalue weighted by Gasteiger charge is -2.55. The van der Waals surface area contributed by atoms with Gasteiger partial charge in [0.2, 0.25) is 0 Å². The molecule has 2 saturated heterocycles. The van der Waals surface area contributed by atoms with Crippen molar-refractivity contribution in [2.75, 3.05) is 6.61 Å². The number of carbonyl (C=O) groups excluding carboxylic acids is 1. The summed E-state index contributed by atoms with van der Waals surface area (Å²) in [6.07, 6.45) is -2.08. The van der Waals surface area contributed by atoms with Crippen molar-refractivity contribution >= 4 is 6.29 Å². The second-order valence-corrected chi connectivity index (χ2v) is 6.95. The molecule has 0 bridgehead atoms. The van der Waals surface area contributed by atoms with Crippen molar-refractivity contribution in [2.24, 2.45) is 0 Å². The van der Waals surface area contributed by atoms with Crippen LogP contribution >= 0.6 is 0 Å². The molecule has 24 heavy (non-hydrogen) atoms. The highest BCUT2D eigenvalue weighted by molar-refractivity contribution is 5.50. The van der Waals surface area contributed by atoms with Crippen LogP contribution < -0.4 is 0 Å². The Morgan fingerprint density at radius 2 is 2.04 bits per heavy atom. The van der Waals surface area contributed by atoms with Gasteiger partial charge < -0.3 is 29.2 Å². The lowest BCUT2D eigenvalue weighted by atomic mass is 9.78. The summed E-state index contributed by atoms with van der Waals surface area (Å²) in [7, 11) is 0. The zero-order chi connectivity index (χ0) is 17.4. The molecule has 6 heteroatoms. The van der Waals surface area contributed by atoms with Gasteiger partial charge in [0.05, 0.1) is 24.9 Å². The van der Waals surface area contributed by atoms with E-state index in [1.54, 1.807) is 6.92 Å². The van der Waals surface area contributed by atoms with Crippen LogP contribution in [0.5, 0.6) is 0 Å². The molecule has 6 atom stereocenters. The van der Waals surface area contributed by atoms with Crippen molar-refractivity contribution in [2.45, 2.75) is 62.5 Å². The van der Waals surface area contributed by atoms with Crippen LogP contribution in [0.2, 0.25) is 0 Å². The second-order valence-electron chi connectivity index (χ2n) is 6.95. The predicted octanol–water partition coefficient (Wildman–Crippen LogP) is 1.35. The monoisotopic (exact) mass is 336 g/mol. The van der Waals surface area contributed by atoms with Crippen LogP contribution in [-0.2, 0) is 19.0 Å². The lowest BCUT2D eigenvalue weighted by Crippen LogP contribution is -2.68. The largest absolute Gasteiger partial charge is 0.390 e. The number of aliphatic hydroxyl groups excluding tert-OH is 2. The smallest absolute Gasteiger partial charge is 0.184 e. The molecule has 132 valence electrons. The van der Waals surface area contributed by atoms with Crippen LogP contribution in [0.1, 0.15) is 38.5 Å². The second kappa shape index (κ2) is 6.54. The van der Waals surface area contributed by atoms with Crippen molar-refractivity contribution < 1.29 is 29.2 Å². The number of ether oxygens (including phenoxy) is 3. The van der Waals surface area contributed by atoms with E-state index in [1.165, 1.54) is 0 Å². The first-order valence-electron chi connectivity index (χ1n) is 8.21. The van der Waals surface area contributed by atoms with Gasteiger partial charge >= 0.3 is 0 Å². The molecule has 3 rings (SSSR count). The summed E-state index contributed by atoms with van der Waals surface area (Å²) in [6, 6.07) is 9.59. The van der Waals surface area contributed by atoms with Gasteiger partial charge in [-0.05, 0) is 13.8 Å². The maximum atomic E-state index is 10.7. The van der Waals surface area contributed by atoms with E-state index in [4.69, 9.17) is 14.2 Å². The van der Waals surface area contributed by atoms with Gasteiger partial charge in [0, 0.05) is 18.4 Å². The first-order valence-corrected chi connectivity index (χ1v) is 8.21. The molecule has 0 aliphatic carbocycles. The molecule has 0 radical (unpaired) electrons. The first kappa shape index (κ1) is 17.5. The highest BCUT2D eigenvalue weighted by atomic mass is 16.7. The number of benzene rings is 1. The van der Waals surface area contributed by atoms with E-state index >= 15 is 0 Å². The van der Waals surface area contributed by atoms with Crippen LogP contribution in [0.3, 0.4) is 0 Å². The van der Waals surface area contributed by atoms with E-state index in [0.717, 1.165) is 5.56 Å². The molecule has 0 saturated carbocycles. The molecule has 2 fully saturated rings. The number of rotatable bonds is 4. The Labute approximate surface area is 141 Å². The maximum absolute atomic E-state index is 10.7. The van der Waals surface area contributed by atoms with E-state index in [1.807, 2.05) is 37.3 Å². The zero-order valence-corrected chi connectivity index (χ0v) is 13.9. The third-order valence-corrected chi connectivity index (χ3v) is 5.10. The van der Waals surface area contributed by atoms with Gasteiger partial charge in [-0.3, -0.25) is 0 Å². The fraction of sp³-hybridized carbons (Fsp3) is 0.611. The van der Waals surface area contributed by atoms with Crippen molar-refractivity contribution in [3.05, 3.63) is 35.9 Å². The minimum absolute atomic E-state index is 0.0946. The molecular formula is C18H24O6. The summed E-state index contributed by atoms with van der Waals surface area (Å²) in [5.74, 6) is 0. The average molecular weight is 336 g/mol. The zero-order valence-electron chi connectivity index (χ0n) is 13.9. The molecule has 0 spiro atoms. The number of carbonyl (C=O) groups is 1. The van der Waals surface area contributed by atoms with E-state index in [2.05, 4.69) is 0 Å². The van der Waals surface area contributed by atoms with Gasteiger partial charge in [0.1, 0.15) is 17.5 Å². The van der Waals surface area contributed by atoms with Gasteiger partial charge in [0.15, 0.2) is 6.29 Å². The SMILES string of the molecule is C[C@@]1([C@@H](O)CC=O)O[C@]2(C)CO[C@@H](c3ccccc3)O[C@H]2C[C@H]1O. The Bertz CT molecular complexity index is 578. The standard InChI is InChI=1S/C18H24O6/c1-17-11-22-16(12-6-4-3-5-7-12)23-15(17)10-14(21)18(2,24-17)13(20)8-9-19/h3-7,9,13-16,20-21H,8,10-11H2,1-2H3/t13-,14+,15-,16+,17+,18-/m0/s1. The fourth-order valence-electron chi connectivity index (χ4n) is 3.47. The van der Waals surface area contributed by atoms with Crippen LogP contribution in [0.15, 0.2) is 30.3 Å². The van der Waals surface area contributed by atoms with Crippen LogP contribution in [0.4, 0.5) is 0 Å². The minimum atomic E-state index is -1.24. The van der Waals surface area contributed by atoms with Gasteiger partial charge in [-0.1, -0.05) is 30.3 Å².